The van der Waals surface area contributed by atoms with Crippen LogP contribution in [0.4, 0.5) is 0 Å². The Bertz CT molecular complexity index is 570. The van der Waals surface area contributed by atoms with Gasteiger partial charge in [0.15, 0.2) is 4.96 Å². The number of nitrogens with zero attached hydrogens (tertiary/aromatic N) is 2. The fourth-order valence-corrected chi connectivity index (χ4v) is 2.94. The number of aryl methyl sites for hydroxylation is 3. The number of carbonyl (C=O) groups is 1. The molecule has 0 saturated carbocycles. The maximum absolute atomic E-state index is 10.9. The van der Waals surface area contributed by atoms with Gasteiger partial charge in [0.25, 0.3) is 0 Å². The third-order valence-corrected chi connectivity index (χ3v) is 3.98. The molecule has 2 rings (SSSR count). The van der Waals surface area contributed by atoms with Gasteiger partial charge >= 0.3 is 5.97 Å². The Hall–Kier alpha value is -1.40. The average molecular weight is 239 g/mol. The van der Waals surface area contributed by atoms with Gasteiger partial charge in [-0.3, -0.25) is 9.20 Å². The molecule has 0 aliphatic carbocycles. The van der Waals surface area contributed by atoms with Gasteiger partial charge in [-0.2, -0.15) is 0 Å². The number of rotatable bonds is 2. The van der Waals surface area contributed by atoms with E-state index in [1.165, 1.54) is 11.3 Å². The quantitative estimate of drug-likeness (QED) is 0.830. The molecular weight excluding hydrogens is 226 g/mol. The van der Waals surface area contributed by atoms with Crippen molar-refractivity contribution in [2.45, 2.75) is 26.8 Å². The number of fused-ring (bicyclic) bond motifs is 1. The second-order valence-electron chi connectivity index (χ2n) is 3.77. The van der Waals surface area contributed by atoms with Gasteiger partial charge in [-0.15, -0.1) is 0 Å². The minimum absolute atomic E-state index is 0.665. The van der Waals surface area contributed by atoms with Gasteiger partial charge in [-0.05, 0) is 20.8 Å². The van der Waals surface area contributed by atoms with Gasteiger partial charge < -0.3 is 10.8 Å². The van der Waals surface area contributed by atoms with Crippen molar-refractivity contribution in [2.75, 3.05) is 0 Å². The van der Waals surface area contributed by atoms with Crippen LogP contribution in [-0.2, 0) is 4.79 Å². The largest absolute Gasteiger partial charge is 0.480 e. The standard InChI is InChI=1S/C10H13N3O2S/c1-4-5(2)13-6(3)8(7(11)9(14)15)16-10(13)12-4/h7H,11H2,1-3H3,(H,14,15). The molecule has 0 saturated heterocycles. The molecule has 0 fully saturated rings. The van der Waals surface area contributed by atoms with Crippen molar-refractivity contribution in [1.29, 1.82) is 0 Å². The number of imidazole rings is 1. The number of aliphatic carboxylic acids is 1. The number of carboxylic acid groups (broad SMARTS) is 1. The summed E-state index contributed by atoms with van der Waals surface area (Å²) < 4.78 is 1.96. The van der Waals surface area contributed by atoms with Gasteiger partial charge in [0.05, 0.1) is 10.6 Å². The number of nitrogens with two attached hydrogens (primary N) is 1. The molecule has 0 aliphatic heterocycles. The van der Waals surface area contributed by atoms with Crippen molar-refractivity contribution in [1.82, 2.24) is 9.38 Å². The minimum atomic E-state index is -1.01. The Balaban J connectivity index is 2.66. The molecule has 1 unspecified atom stereocenters. The summed E-state index contributed by atoms with van der Waals surface area (Å²) in [6.07, 6.45) is 0. The number of carboxylic acids is 1. The van der Waals surface area contributed by atoms with Gasteiger partial charge in [0.1, 0.15) is 6.04 Å². The highest BCUT2D eigenvalue weighted by molar-refractivity contribution is 7.17. The van der Waals surface area contributed by atoms with Gasteiger partial charge in [-0.1, -0.05) is 11.3 Å². The summed E-state index contributed by atoms with van der Waals surface area (Å²) >= 11 is 1.34. The number of hydrogen-bond donors (Lipinski definition) is 2. The van der Waals surface area contributed by atoms with Crippen LogP contribution in [0.25, 0.3) is 4.96 Å². The first-order valence-electron chi connectivity index (χ1n) is 4.86. The van der Waals surface area contributed by atoms with E-state index in [1.807, 2.05) is 25.2 Å². The molecule has 2 heterocycles. The molecule has 0 bridgehead atoms. The predicted octanol–water partition coefficient (Wildman–Crippen LogP) is 1.41. The van der Waals surface area contributed by atoms with Crippen LogP contribution >= 0.6 is 11.3 Å². The van der Waals surface area contributed by atoms with Crippen LogP contribution < -0.4 is 5.73 Å². The van der Waals surface area contributed by atoms with E-state index in [0.29, 0.717) is 4.88 Å². The van der Waals surface area contributed by atoms with E-state index in [1.54, 1.807) is 0 Å². The maximum atomic E-state index is 10.9. The van der Waals surface area contributed by atoms with Crippen molar-refractivity contribution < 1.29 is 9.90 Å². The first-order chi connectivity index (χ1) is 7.43. The monoisotopic (exact) mass is 239 g/mol. The Labute approximate surface area is 96.5 Å². The van der Waals surface area contributed by atoms with Crippen LogP contribution in [0.3, 0.4) is 0 Å². The van der Waals surface area contributed by atoms with Crippen LogP contribution in [0.1, 0.15) is 28.0 Å². The molecular formula is C10H13N3O2S. The smallest absolute Gasteiger partial charge is 0.326 e. The van der Waals surface area contributed by atoms with E-state index in [-0.39, 0.29) is 0 Å². The molecule has 0 aromatic carbocycles. The van der Waals surface area contributed by atoms with E-state index < -0.39 is 12.0 Å². The summed E-state index contributed by atoms with van der Waals surface area (Å²) in [5.41, 5.74) is 8.49. The maximum Gasteiger partial charge on any atom is 0.326 e. The highest BCUT2D eigenvalue weighted by atomic mass is 32.1. The summed E-state index contributed by atoms with van der Waals surface area (Å²) in [6, 6.07) is -0.966. The summed E-state index contributed by atoms with van der Waals surface area (Å²) in [6.45, 7) is 5.77. The van der Waals surface area contributed by atoms with Crippen LogP contribution in [-0.4, -0.2) is 20.5 Å². The van der Waals surface area contributed by atoms with E-state index in [2.05, 4.69) is 4.98 Å². The normalized spacial score (nSPS) is 13.2. The number of hydrogen-bond acceptors (Lipinski definition) is 4. The first-order valence-corrected chi connectivity index (χ1v) is 5.68. The lowest BCUT2D eigenvalue weighted by atomic mass is 10.2. The second-order valence-corrected chi connectivity index (χ2v) is 4.78. The third kappa shape index (κ3) is 1.42. The third-order valence-electron chi connectivity index (χ3n) is 2.76. The second kappa shape index (κ2) is 3.57. The highest BCUT2D eigenvalue weighted by Gasteiger charge is 2.22. The van der Waals surface area contributed by atoms with Crippen LogP contribution in [0, 0.1) is 20.8 Å². The summed E-state index contributed by atoms with van der Waals surface area (Å²) in [7, 11) is 0. The molecule has 2 aromatic heterocycles. The Morgan fingerprint density at radius 3 is 2.56 bits per heavy atom. The molecule has 5 nitrogen and oxygen atoms in total. The van der Waals surface area contributed by atoms with Gasteiger partial charge in [0, 0.05) is 11.4 Å². The van der Waals surface area contributed by atoms with Crippen LogP contribution in [0.5, 0.6) is 0 Å². The van der Waals surface area contributed by atoms with E-state index in [0.717, 1.165) is 22.0 Å². The van der Waals surface area contributed by atoms with E-state index in [9.17, 15) is 4.79 Å². The van der Waals surface area contributed by atoms with Gasteiger partial charge in [-0.25, -0.2) is 4.98 Å². The molecule has 0 spiro atoms. The zero-order valence-corrected chi connectivity index (χ0v) is 10.1. The van der Waals surface area contributed by atoms with E-state index in [4.69, 9.17) is 10.8 Å². The Morgan fingerprint density at radius 2 is 2.06 bits per heavy atom. The van der Waals surface area contributed by atoms with Crippen molar-refractivity contribution in [2.24, 2.45) is 5.73 Å². The summed E-state index contributed by atoms with van der Waals surface area (Å²) in [5, 5.41) is 8.90. The molecule has 3 N–H and O–H groups in total. The zero-order valence-electron chi connectivity index (χ0n) is 9.31. The number of thiazole rings is 1. The predicted molar refractivity (Wildman–Crippen MR) is 61.8 cm³/mol. The van der Waals surface area contributed by atoms with E-state index >= 15 is 0 Å². The lowest BCUT2D eigenvalue weighted by molar-refractivity contribution is -0.138. The molecule has 1 atom stereocenters. The summed E-state index contributed by atoms with van der Waals surface area (Å²) in [5.74, 6) is -1.01. The van der Waals surface area contributed by atoms with Crippen molar-refractivity contribution >= 4 is 22.3 Å². The summed E-state index contributed by atoms with van der Waals surface area (Å²) in [4.78, 5) is 16.7. The fourth-order valence-electron chi connectivity index (χ4n) is 1.73. The lowest BCUT2D eigenvalue weighted by Crippen LogP contribution is -2.20. The van der Waals surface area contributed by atoms with Crippen molar-refractivity contribution in [3.8, 4) is 0 Å². The molecule has 6 heteroatoms. The van der Waals surface area contributed by atoms with Crippen LogP contribution in [0.15, 0.2) is 0 Å². The molecule has 0 radical (unpaired) electrons. The molecule has 86 valence electrons. The SMILES string of the molecule is Cc1nc2sc(C(N)C(=O)O)c(C)n2c1C. The molecule has 2 aromatic rings. The van der Waals surface area contributed by atoms with Gasteiger partial charge in [0.2, 0.25) is 0 Å². The highest BCUT2D eigenvalue weighted by Crippen LogP contribution is 2.29. The van der Waals surface area contributed by atoms with Crippen molar-refractivity contribution in [3.63, 3.8) is 0 Å². The van der Waals surface area contributed by atoms with Crippen LogP contribution in [0.2, 0.25) is 0 Å². The Kier molecular flexibility index (Phi) is 2.47. The zero-order chi connectivity index (χ0) is 12.0. The minimum Gasteiger partial charge on any atom is -0.480 e. The average Bonchev–Trinajstić information content (AvgIpc) is 2.66. The first kappa shape index (κ1) is 11.1. The lowest BCUT2D eigenvalue weighted by Gasteiger charge is -2.04. The molecule has 0 amide bonds. The molecule has 16 heavy (non-hydrogen) atoms. The molecule has 0 aliphatic rings. The fraction of sp³-hybridized carbons (Fsp3) is 0.400. The topological polar surface area (TPSA) is 80.6 Å². The van der Waals surface area contributed by atoms with Crippen molar-refractivity contribution in [3.05, 3.63) is 22.0 Å². The number of aromatic nitrogens is 2. The Morgan fingerprint density at radius 1 is 1.44 bits per heavy atom.